The Labute approximate surface area is 118 Å². The molecule has 2 N–H and O–H groups in total. The van der Waals surface area contributed by atoms with E-state index in [-0.39, 0.29) is 6.10 Å². The predicted octanol–water partition coefficient (Wildman–Crippen LogP) is 3.93. The molecule has 0 aliphatic heterocycles. The number of rotatable bonds is 3. The molecule has 0 amide bonds. The Hall–Kier alpha value is -0.800. The number of thiocarbonyl (C=S) groups is 1. The summed E-state index contributed by atoms with van der Waals surface area (Å²) < 4.78 is 6.09. The molecule has 0 saturated heterocycles. The molecule has 0 radical (unpaired) electrons. The molecule has 0 heterocycles. The van der Waals surface area contributed by atoms with Gasteiger partial charge in [-0.25, -0.2) is 0 Å². The van der Waals surface area contributed by atoms with E-state index in [1.54, 1.807) is 12.1 Å². The van der Waals surface area contributed by atoms with Crippen molar-refractivity contribution >= 4 is 28.8 Å². The summed E-state index contributed by atoms with van der Waals surface area (Å²) in [6.45, 7) is 2.23. The van der Waals surface area contributed by atoms with Crippen LogP contribution in [0.5, 0.6) is 5.75 Å². The van der Waals surface area contributed by atoms with Crippen LogP contribution in [0.1, 0.15) is 38.2 Å². The molecule has 4 heteroatoms. The quantitative estimate of drug-likeness (QED) is 0.854. The standard InChI is InChI=1S/C14H18ClNOS/c1-9-4-2-3-5-12(9)17-13-8-10(15)6-7-11(13)14(16)18/h6-9,12H,2-5H2,1H3,(H2,16,18). The van der Waals surface area contributed by atoms with Gasteiger partial charge in [-0.2, -0.15) is 0 Å². The second-order valence-corrected chi connectivity index (χ2v) is 5.80. The van der Waals surface area contributed by atoms with E-state index in [0.717, 1.165) is 12.0 Å². The Morgan fingerprint density at radius 3 is 2.78 bits per heavy atom. The van der Waals surface area contributed by atoms with E-state index in [0.29, 0.717) is 21.7 Å². The van der Waals surface area contributed by atoms with Gasteiger partial charge < -0.3 is 10.5 Å². The molecule has 0 spiro atoms. The fourth-order valence-electron chi connectivity index (χ4n) is 2.42. The average Bonchev–Trinajstić information content (AvgIpc) is 2.32. The van der Waals surface area contributed by atoms with E-state index in [9.17, 15) is 0 Å². The molecule has 1 fully saturated rings. The average molecular weight is 284 g/mol. The maximum atomic E-state index is 6.09. The second-order valence-electron chi connectivity index (χ2n) is 4.92. The molecule has 1 aromatic carbocycles. The first-order chi connectivity index (χ1) is 8.58. The van der Waals surface area contributed by atoms with Crippen molar-refractivity contribution in [1.82, 2.24) is 0 Å². The van der Waals surface area contributed by atoms with Crippen molar-refractivity contribution in [3.8, 4) is 5.75 Å². The highest BCUT2D eigenvalue weighted by Gasteiger charge is 2.24. The summed E-state index contributed by atoms with van der Waals surface area (Å²) in [4.78, 5) is 0.352. The number of nitrogens with two attached hydrogens (primary N) is 1. The second kappa shape index (κ2) is 5.89. The third kappa shape index (κ3) is 3.15. The van der Waals surface area contributed by atoms with Crippen LogP contribution >= 0.6 is 23.8 Å². The van der Waals surface area contributed by atoms with Gasteiger partial charge in [0, 0.05) is 5.02 Å². The summed E-state index contributed by atoms with van der Waals surface area (Å²) in [7, 11) is 0. The maximum Gasteiger partial charge on any atom is 0.131 e. The van der Waals surface area contributed by atoms with Crippen molar-refractivity contribution in [2.45, 2.75) is 38.7 Å². The number of hydrogen-bond donors (Lipinski definition) is 1. The lowest BCUT2D eigenvalue weighted by Crippen LogP contribution is -2.29. The SMILES string of the molecule is CC1CCCCC1Oc1cc(Cl)ccc1C(N)=S. The fraction of sp³-hybridized carbons (Fsp3) is 0.500. The largest absolute Gasteiger partial charge is 0.489 e. The van der Waals surface area contributed by atoms with E-state index in [2.05, 4.69) is 6.92 Å². The number of benzene rings is 1. The maximum absolute atomic E-state index is 6.09. The molecular formula is C14H18ClNOS. The zero-order chi connectivity index (χ0) is 13.1. The third-order valence-electron chi connectivity index (χ3n) is 3.52. The van der Waals surface area contributed by atoms with Crippen LogP contribution in [0.4, 0.5) is 0 Å². The molecule has 1 aromatic rings. The van der Waals surface area contributed by atoms with Crippen LogP contribution in [0, 0.1) is 5.92 Å². The Kier molecular flexibility index (Phi) is 4.46. The number of ether oxygens (including phenoxy) is 1. The lowest BCUT2D eigenvalue weighted by Gasteiger charge is -2.30. The highest BCUT2D eigenvalue weighted by Crippen LogP contribution is 2.31. The highest BCUT2D eigenvalue weighted by molar-refractivity contribution is 7.80. The normalized spacial score (nSPS) is 23.7. The number of halogens is 1. The van der Waals surface area contributed by atoms with Crippen molar-refractivity contribution in [3.63, 3.8) is 0 Å². The summed E-state index contributed by atoms with van der Waals surface area (Å²) in [5, 5.41) is 0.647. The van der Waals surface area contributed by atoms with E-state index in [1.165, 1.54) is 19.3 Å². The van der Waals surface area contributed by atoms with Gasteiger partial charge in [0.25, 0.3) is 0 Å². The fourth-order valence-corrected chi connectivity index (χ4v) is 2.75. The Morgan fingerprint density at radius 1 is 1.39 bits per heavy atom. The minimum atomic E-state index is 0.241. The van der Waals surface area contributed by atoms with Crippen molar-refractivity contribution in [2.75, 3.05) is 0 Å². The molecule has 0 bridgehead atoms. The van der Waals surface area contributed by atoms with E-state index >= 15 is 0 Å². The number of hydrogen-bond acceptors (Lipinski definition) is 2. The molecule has 2 unspecified atom stereocenters. The predicted molar refractivity (Wildman–Crippen MR) is 79.4 cm³/mol. The van der Waals surface area contributed by atoms with Crippen molar-refractivity contribution < 1.29 is 4.74 Å². The van der Waals surface area contributed by atoms with Gasteiger partial charge in [-0.3, -0.25) is 0 Å². The van der Waals surface area contributed by atoms with E-state index in [4.69, 9.17) is 34.3 Å². The van der Waals surface area contributed by atoms with E-state index < -0.39 is 0 Å². The summed E-state index contributed by atoms with van der Waals surface area (Å²) in [5.74, 6) is 1.28. The van der Waals surface area contributed by atoms with Gasteiger partial charge in [-0.15, -0.1) is 0 Å². The van der Waals surface area contributed by atoms with Crippen LogP contribution < -0.4 is 10.5 Å². The first kappa shape index (κ1) is 13.6. The van der Waals surface area contributed by atoms with Crippen LogP contribution in [0.15, 0.2) is 18.2 Å². The summed E-state index contributed by atoms with van der Waals surface area (Å²) in [5.41, 5.74) is 6.48. The Bertz CT molecular complexity index is 449. The van der Waals surface area contributed by atoms with Crippen LogP contribution in [0.2, 0.25) is 5.02 Å². The Morgan fingerprint density at radius 2 is 2.11 bits per heavy atom. The van der Waals surface area contributed by atoms with Crippen LogP contribution in [0.25, 0.3) is 0 Å². The van der Waals surface area contributed by atoms with E-state index in [1.807, 2.05) is 6.07 Å². The topological polar surface area (TPSA) is 35.2 Å². The zero-order valence-corrected chi connectivity index (χ0v) is 12.1. The van der Waals surface area contributed by atoms with Crippen LogP contribution in [-0.4, -0.2) is 11.1 Å². The molecule has 0 aromatic heterocycles. The lowest BCUT2D eigenvalue weighted by atomic mass is 9.88. The van der Waals surface area contributed by atoms with Crippen molar-refractivity contribution in [2.24, 2.45) is 11.7 Å². The van der Waals surface area contributed by atoms with Gasteiger partial charge in [0.05, 0.1) is 5.56 Å². The first-order valence-corrected chi connectivity index (χ1v) is 7.12. The first-order valence-electron chi connectivity index (χ1n) is 6.34. The zero-order valence-electron chi connectivity index (χ0n) is 10.5. The highest BCUT2D eigenvalue weighted by atomic mass is 35.5. The molecule has 18 heavy (non-hydrogen) atoms. The van der Waals surface area contributed by atoms with Gasteiger partial charge >= 0.3 is 0 Å². The minimum absolute atomic E-state index is 0.241. The molecule has 2 nitrogen and oxygen atoms in total. The smallest absolute Gasteiger partial charge is 0.131 e. The van der Waals surface area contributed by atoms with Gasteiger partial charge in [-0.05, 0) is 43.4 Å². The van der Waals surface area contributed by atoms with Gasteiger partial charge in [0.15, 0.2) is 0 Å². The molecule has 98 valence electrons. The molecule has 1 aliphatic carbocycles. The van der Waals surface area contributed by atoms with Gasteiger partial charge in [-0.1, -0.05) is 37.2 Å². The minimum Gasteiger partial charge on any atom is -0.489 e. The van der Waals surface area contributed by atoms with Crippen molar-refractivity contribution in [3.05, 3.63) is 28.8 Å². The van der Waals surface area contributed by atoms with Gasteiger partial charge in [0.2, 0.25) is 0 Å². The summed E-state index contributed by atoms with van der Waals surface area (Å²) in [6, 6.07) is 5.41. The lowest BCUT2D eigenvalue weighted by molar-refractivity contribution is 0.102. The molecule has 1 aliphatic rings. The molecule has 2 rings (SSSR count). The summed E-state index contributed by atoms with van der Waals surface area (Å²) >= 11 is 11.1. The third-order valence-corrected chi connectivity index (χ3v) is 3.98. The Balaban J connectivity index is 2.21. The van der Waals surface area contributed by atoms with Crippen LogP contribution in [0.3, 0.4) is 0 Å². The molecule has 1 saturated carbocycles. The molecule has 2 atom stereocenters. The summed E-state index contributed by atoms with van der Waals surface area (Å²) in [6.07, 6.45) is 5.06. The van der Waals surface area contributed by atoms with Gasteiger partial charge in [0.1, 0.15) is 16.8 Å². The van der Waals surface area contributed by atoms with Crippen LogP contribution in [-0.2, 0) is 0 Å². The monoisotopic (exact) mass is 283 g/mol. The molecular weight excluding hydrogens is 266 g/mol. The van der Waals surface area contributed by atoms with Crippen molar-refractivity contribution in [1.29, 1.82) is 0 Å².